The standard InChI is InChI=1S/C12H22O2Si/c1-11(2,3)10-12(4,8-7-9-13)14-15(5)6/h9,15H,10H2,1-6H3. The van der Waals surface area contributed by atoms with Gasteiger partial charge in [0.25, 0.3) is 0 Å². The number of hydrogen-bond donors (Lipinski definition) is 0. The van der Waals surface area contributed by atoms with E-state index in [0.29, 0.717) is 6.29 Å². The summed E-state index contributed by atoms with van der Waals surface area (Å²) in [6, 6.07) is 0. The fraction of sp³-hybridized carbons (Fsp3) is 0.750. The Labute approximate surface area is 95.1 Å². The Hall–Kier alpha value is -0.593. The molecule has 0 N–H and O–H groups in total. The van der Waals surface area contributed by atoms with Crippen LogP contribution in [0.25, 0.3) is 0 Å². The van der Waals surface area contributed by atoms with Crippen molar-refractivity contribution >= 4 is 15.3 Å². The van der Waals surface area contributed by atoms with Crippen LogP contribution in [0.15, 0.2) is 0 Å². The van der Waals surface area contributed by atoms with Gasteiger partial charge in [0, 0.05) is 0 Å². The minimum atomic E-state index is -1.15. The molecule has 0 fully saturated rings. The monoisotopic (exact) mass is 226 g/mol. The first-order valence-corrected chi connectivity index (χ1v) is 8.11. The van der Waals surface area contributed by atoms with Gasteiger partial charge in [-0.15, -0.1) is 0 Å². The molecule has 1 unspecified atom stereocenters. The maximum Gasteiger partial charge on any atom is 0.192 e. The maximum atomic E-state index is 10.3. The molecule has 0 aromatic carbocycles. The highest BCUT2D eigenvalue weighted by molar-refractivity contribution is 6.48. The lowest BCUT2D eigenvalue weighted by atomic mass is 9.83. The zero-order valence-corrected chi connectivity index (χ0v) is 11.8. The van der Waals surface area contributed by atoms with Gasteiger partial charge in [0.15, 0.2) is 15.3 Å². The first kappa shape index (κ1) is 14.4. The molecule has 3 heteroatoms. The van der Waals surface area contributed by atoms with E-state index in [1.54, 1.807) is 0 Å². The van der Waals surface area contributed by atoms with Crippen LogP contribution in [0.3, 0.4) is 0 Å². The smallest absolute Gasteiger partial charge is 0.192 e. The molecule has 0 spiro atoms. The molecule has 86 valence electrons. The summed E-state index contributed by atoms with van der Waals surface area (Å²) in [6.07, 6.45) is 1.47. The molecule has 0 amide bonds. The average molecular weight is 226 g/mol. The van der Waals surface area contributed by atoms with Crippen LogP contribution in [-0.2, 0) is 9.22 Å². The minimum absolute atomic E-state index is 0.148. The second kappa shape index (κ2) is 5.48. The summed E-state index contributed by atoms with van der Waals surface area (Å²) in [4.78, 5) is 10.3. The molecule has 2 nitrogen and oxygen atoms in total. The normalized spacial score (nSPS) is 15.4. The topological polar surface area (TPSA) is 26.3 Å². The quantitative estimate of drug-likeness (QED) is 0.419. The largest absolute Gasteiger partial charge is 0.405 e. The van der Waals surface area contributed by atoms with E-state index in [-0.39, 0.29) is 5.41 Å². The zero-order chi connectivity index (χ0) is 12.1. The summed E-state index contributed by atoms with van der Waals surface area (Å²) in [5.74, 6) is 5.41. The van der Waals surface area contributed by atoms with Crippen LogP contribution in [0, 0.1) is 17.3 Å². The third-order valence-electron chi connectivity index (χ3n) is 1.76. The van der Waals surface area contributed by atoms with Gasteiger partial charge in [0.1, 0.15) is 5.60 Å². The third kappa shape index (κ3) is 7.35. The number of rotatable bonds is 3. The average Bonchev–Trinajstić information content (AvgIpc) is 1.95. The summed E-state index contributed by atoms with van der Waals surface area (Å²) in [6.45, 7) is 12.7. The molecular formula is C12H22O2Si. The Kier molecular flexibility index (Phi) is 5.26. The molecule has 0 saturated carbocycles. The molecule has 0 saturated heterocycles. The van der Waals surface area contributed by atoms with Crippen molar-refractivity contribution in [2.75, 3.05) is 0 Å². The molecule has 0 aliphatic rings. The van der Waals surface area contributed by atoms with Crippen LogP contribution in [0.2, 0.25) is 13.1 Å². The van der Waals surface area contributed by atoms with Crippen LogP contribution in [0.5, 0.6) is 0 Å². The van der Waals surface area contributed by atoms with E-state index in [4.69, 9.17) is 4.43 Å². The first-order chi connectivity index (χ1) is 6.68. The van der Waals surface area contributed by atoms with Gasteiger partial charge in [-0.05, 0) is 37.8 Å². The van der Waals surface area contributed by atoms with Crippen molar-refractivity contribution in [2.24, 2.45) is 5.41 Å². The second-order valence-electron chi connectivity index (χ2n) is 5.52. The van der Waals surface area contributed by atoms with Crippen molar-refractivity contribution in [1.29, 1.82) is 0 Å². The van der Waals surface area contributed by atoms with Gasteiger partial charge >= 0.3 is 0 Å². The van der Waals surface area contributed by atoms with Crippen molar-refractivity contribution in [2.45, 2.75) is 52.8 Å². The van der Waals surface area contributed by atoms with Crippen molar-refractivity contribution in [1.82, 2.24) is 0 Å². The van der Waals surface area contributed by atoms with Gasteiger partial charge in [-0.3, -0.25) is 4.79 Å². The van der Waals surface area contributed by atoms with Gasteiger partial charge in [-0.2, -0.15) is 0 Å². The van der Waals surface area contributed by atoms with Crippen LogP contribution in [0.1, 0.15) is 34.1 Å². The van der Waals surface area contributed by atoms with Gasteiger partial charge in [0.05, 0.1) is 0 Å². The third-order valence-corrected chi connectivity index (χ3v) is 2.75. The summed E-state index contributed by atoms with van der Waals surface area (Å²) in [5, 5.41) is 0. The molecule has 0 aromatic heterocycles. The van der Waals surface area contributed by atoms with Gasteiger partial charge < -0.3 is 4.43 Å². The SMILES string of the molecule is C[SiH](C)OC(C)(C#CC=O)CC(C)(C)C. The Morgan fingerprint density at radius 3 is 2.13 bits per heavy atom. The number of hydrogen-bond acceptors (Lipinski definition) is 2. The highest BCUT2D eigenvalue weighted by atomic mass is 28.3. The second-order valence-corrected chi connectivity index (χ2v) is 7.86. The Morgan fingerprint density at radius 2 is 1.80 bits per heavy atom. The highest BCUT2D eigenvalue weighted by Crippen LogP contribution is 2.29. The summed E-state index contributed by atoms with van der Waals surface area (Å²) < 4.78 is 5.92. The van der Waals surface area contributed by atoms with E-state index in [1.165, 1.54) is 0 Å². The van der Waals surface area contributed by atoms with Crippen molar-refractivity contribution in [3.05, 3.63) is 0 Å². The van der Waals surface area contributed by atoms with Crippen molar-refractivity contribution < 1.29 is 9.22 Å². The lowest BCUT2D eigenvalue weighted by Gasteiger charge is -2.33. The lowest BCUT2D eigenvalue weighted by Crippen LogP contribution is -2.36. The number of aldehydes is 1. The number of carbonyl (C=O) groups is 1. The van der Waals surface area contributed by atoms with E-state index in [0.717, 1.165) is 6.42 Å². The molecule has 15 heavy (non-hydrogen) atoms. The molecule has 0 aliphatic carbocycles. The maximum absolute atomic E-state index is 10.3. The molecule has 1 atom stereocenters. The van der Waals surface area contributed by atoms with Crippen molar-refractivity contribution in [3.63, 3.8) is 0 Å². The predicted octanol–water partition coefficient (Wildman–Crippen LogP) is 2.38. The van der Waals surface area contributed by atoms with E-state index in [1.807, 2.05) is 6.92 Å². The van der Waals surface area contributed by atoms with E-state index < -0.39 is 14.6 Å². The summed E-state index contributed by atoms with van der Waals surface area (Å²) in [5.41, 5.74) is -0.324. The zero-order valence-electron chi connectivity index (χ0n) is 10.7. The first-order valence-electron chi connectivity index (χ1n) is 5.33. The summed E-state index contributed by atoms with van der Waals surface area (Å²) in [7, 11) is -1.15. The van der Waals surface area contributed by atoms with Gasteiger partial charge in [-0.1, -0.05) is 26.7 Å². The summed E-state index contributed by atoms with van der Waals surface area (Å²) >= 11 is 0. The fourth-order valence-electron chi connectivity index (χ4n) is 1.83. The predicted molar refractivity (Wildman–Crippen MR) is 66.3 cm³/mol. The highest BCUT2D eigenvalue weighted by Gasteiger charge is 2.29. The molecule has 0 radical (unpaired) electrons. The molecular weight excluding hydrogens is 204 g/mol. The molecule has 0 aromatic rings. The Balaban J connectivity index is 4.77. The Morgan fingerprint density at radius 1 is 1.27 bits per heavy atom. The van der Waals surface area contributed by atoms with Crippen LogP contribution >= 0.6 is 0 Å². The molecule has 0 heterocycles. The van der Waals surface area contributed by atoms with Gasteiger partial charge in [0.2, 0.25) is 0 Å². The molecule has 0 aliphatic heterocycles. The Bertz CT molecular complexity index is 268. The van der Waals surface area contributed by atoms with Crippen LogP contribution < -0.4 is 0 Å². The lowest BCUT2D eigenvalue weighted by molar-refractivity contribution is -0.103. The minimum Gasteiger partial charge on any atom is -0.405 e. The van der Waals surface area contributed by atoms with Crippen molar-refractivity contribution in [3.8, 4) is 11.8 Å². The number of carbonyl (C=O) groups excluding carboxylic acids is 1. The van der Waals surface area contributed by atoms with Crippen LogP contribution in [0.4, 0.5) is 0 Å². The van der Waals surface area contributed by atoms with Gasteiger partial charge in [-0.25, -0.2) is 0 Å². The van der Waals surface area contributed by atoms with E-state index in [9.17, 15) is 4.79 Å². The fourth-order valence-corrected chi connectivity index (χ4v) is 3.01. The molecule has 0 bridgehead atoms. The van der Waals surface area contributed by atoms with E-state index >= 15 is 0 Å². The van der Waals surface area contributed by atoms with E-state index in [2.05, 4.69) is 45.7 Å². The molecule has 0 rings (SSSR count). The van der Waals surface area contributed by atoms with Crippen LogP contribution in [-0.4, -0.2) is 20.9 Å².